The standard InChI is InChI=1S/C22H19F2N7O2/c1-11(15-5-4-14(23)8-16(15)24)25-21-26-12(2)27-22(29-21)28-20-9-17(30-31-20)13-3-6-18-19(7-13)33-10-32-18/h3-9,11H,10H2,1-2H3,(H3,25,26,27,28,29,30,31). The largest absolute Gasteiger partial charge is 0.454 e. The number of benzene rings is 2. The van der Waals surface area contributed by atoms with Crippen molar-refractivity contribution >= 4 is 17.7 Å². The Morgan fingerprint density at radius 2 is 1.79 bits per heavy atom. The second kappa shape index (κ2) is 8.34. The second-order valence-electron chi connectivity index (χ2n) is 7.42. The van der Waals surface area contributed by atoms with Gasteiger partial charge in [0.25, 0.3) is 0 Å². The van der Waals surface area contributed by atoms with Crippen molar-refractivity contribution in [2.24, 2.45) is 0 Å². The zero-order valence-electron chi connectivity index (χ0n) is 17.7. The van der Waals surface area contributed by atoms with E-state index in [1.165, 1.54) is 12.1 Å². The van der Waals surface area contributed by atoms with Crippen LogP contribution in [0.4, 0.5) is 26.5 Å². The molecule has 2 aromatic carbocycles. The van der Waals surface area contributed by atoms with Gasteiger partial charge in [0.05, 0.1) is 11.7 Å². The van der Waals surface area contributed by atoms with Gasteiger partial charge >= 0.3 is 0 Å². The van der Waals surface area contributed by atoms with Crippen molar-refractivity contribution < 1.29 is 18.3 Å². The lowest BCUT2D eigenvalue weighted by atomic mass is 10.1. The van der Waals surface area contributed by atoms with Crippen LogP contribution in [-0.2, 0) is 0 Å². The Morgan fingerprint density at radius 1 is 0.970 bits per heavy atom. The van der Waals surface area contributed by atoms with Crippen LogP contribution in [0.5, 0.6) is 11.5 Å². The highest BCUT2D eigenvalue weighted by atomic mass is 19.1. The molecule has 5 rings (SSSR count). The summed E-state index contributed by atoms with van der Waals surface area (Å²) in [7, 11) is 0. The molecule has 2 aromatic heterocycles. The molecule has 1 atom stereocenters. The van der Waals surface area contributed by atoms with Crippen LogP contribution in [0, 0.1) is 18.6 Å². The quantitative estimate of drug-likeness (QED) is 0.393. The molecule has 1 aliphatic rings. The number of nitrogens with zero attached hydrogens (tertiary/aromatic N) is 4. The van der Waals surface area contributed by atoms with Crippen LogP contribution in [0.3, 0.4) is 0 Å². The van der Waals surface area contributed by atoms with Crippen molar-refractivity contribution in [2.75, 3.05) is 17.4 Å². The van der Waals surface area contributed by atoms with E-state index in [1.54, 1.807) is 19.9 Å². The molecular formula is C22H19F2N7O2. The Morgan fingerprint density at radius 3 is 2.64 bits per heavy atom. The van der Waals surface area contributed by atoms with E-state index in [4.69, 9.17) is 9.47 Å². The number of rotatable bonds is 6. The summed E-state index contributed by atoms with van der Waals surface area (Å²) in [6.45, 7) is 3.65. The number of fused-ring (bicyclic) bond motifs is 1. The third-order valence-corrected chi connectivity index (χ3v) is 5.02. The van der Waals surface area contributed by atoms with Crippen LogP contribution in [0.1, 0.15) is 24.4 Å². The fourth-order valence-corrected chi connectivity index (χ4v) is 3.44. The maximum atomic E-state index is 14.1. The summed E-state index contributed by atoms with van der Waals surface area (Å²) in [5.74, 6) is 1.55. The van der Waals surface area contributed by atoms with Crippen LogP contribution in [-0.4, -0.2) is 31.9 Å². The first-order valence-corrected chi connectivity index (χ1v) is 10.1. The number of hydrogen-bond acceptors (Lipinski definition) is 8. The minimum absolute atomic E-state index is 0.204. The molecule has 168 valence electrons. The Labute approximate surface area is 187 Å². The molecule has 4 aromatic rings. The van der Waals surface area contributed by atoms with Gasteiger partial charge in [0, 0.05) is 23.3 Å². The van der Waals surface area contributed by atoms with Crippen molar-refractivity contribution in [3.05, 3.63) is 65.5 Å². The molecule has 0 saturated carbocycles. The second-order valence-corrected chi connectivity index (χ2v) is 7.42. The fraction of sp³-hybridized carbons (Fsp3) is 0.182. The first-order valence-electron chi connectivity index (χ1n) is 10.1. The number of H-pyrrole nitrogens is 1. The number of hydrogen-bond donors (Lipinski definition) is 3. The van der Waals surface area contributed by atoms with E-state index >= 15 is 0 Å². The van der Waals surface area contributed by atoms with Crippen molar-refractivity contribution in [2.45, 2.75) is 19.9 Å². The average Bonchev–Trinajstić information content (AvgIpc) is 3.42. The van der Waals surface area contributed by atoms with Crippen molar-refractivity contribution in [1.29, 1.82) is 0 Å². The molecule has 0 radical (unpaired) electrons. The van der Waals surface area contributed by atoms with Crippen LogP contribution < -0.4 is 20.1 Å². The Bertz CT molecular complexity index is 1330. The van der Waals surface area contributed by atoms with Crippen LogP contribution in [0.2, 0.25) is 0 Å². The van der Waals surface area contributed by atoms with Crippen molar-refractivity contribution in [3.8, 4) is 22.8 Å². The summed E-state index contributed by atoms with van der Waals surface area (Å²) in [4.78, 5) is 12.9. The third-order valence-electron chi connectivity index (χ3n) is 5.02. The van der Waals surface area contributed by atoms with Gasteiger partial charge in [-0.25, -0.2) is 8.78 Å². The number of ether oxygens (including phenoxy) is 2. The molecule has 0 saturated heterocycles. The molecular weight excluding hydrogens is 432 g/mol. The zero-order chi connectivity index (χ0) is 22.9. The molecule has 0 fully saturated rings. The maximum Gasteiger partial charge on any atom is 0.233 e. The van der Waals surface area contributed by atoms with Gasteiger partial charge in [0.2, 0.25) is 18.7 Å². The third kappa shape index (κ3) is 4.38. The predicted molar refractivity (Wildman–Crippen MR) is 116 cm³/mol. The lowest BCUT2D eigenvalue weighted by molar-refractivity contribution is 0.174. The Kier molecular flexibility index (Phi) is 5.21. The molecule has 3 N–H and O–H groups in total. The van der Waals surface area contributed by atoms with Crippen LogP contribution in [0.15, 0.2) is 42.5 Å². The molecule has 0 spiro atoms. The Balaban J connectivity index is 1.32. The van der Waals surface area contributed by atoms with E-state index in [-0.39, 0.29) is 18.7 Å². The summed E-state index contributed by atoms with van der Waals surface area (Å²) in [5, 5.41) is 13.3. The lowest BCUT2D eigenvalue weighted by Gasteiger charge is -2.15. The van der Waals surface area contributed by atoms with Crippen molar-refractivity contribution in [3.63, 3.8) is 0 Å². The fourth-order valence-electron chi connectivity index (χ4n) is 3.44. The SMILES string of the molecule is Cc1nc(Nc2cc(-c3ccc4c(c3)OCO4)[nH]n2)nc(NC(C)c2ccc(F)cc2F)n1. The van der Waals surface area contributed by atoms with Gasteiger partial charge in [0.1, 0.15) is 17.5 Å². The number of halogens is 2. The molecule has 9 nitrogen and oxygen atoms in total. The van der Waals surface area contributed by atoms with E-state index < -0.39 is 17.7 Å². The average molecular weight is 451 g/mol. The van der Waals surface area contributed by atoms with Gasteiger partial charge in [-0.15, -0.1) is 0 Å². The van der Waals surface area contributed by atoms with Gasteiger partial charge in [-0.2, -0.15) is 20.1 Å². The number of aryl methyl sites for hydroxylation is 1. The summed E-state index contributed by atoms with van der Waals surface area (Å²) >= 11 is 0. The van der Waals surface area contributed by atoms with Crippen molar-refractivity contribution in [1.82, 2.24) is 25.1 Å². The van der Waals surface area contributed by atoms with Crippen LogP contribution >= 0.6 is 0 Å². The van der Waals surface area contributed by atoms with Gasteiger partial charge in [-0.1, -0.05) is 6.07 Å². The first kappa shape index (κ1) is 20.6. The van der Waals surface area contributed by atoms with Gasteiger partial charge < -0.3 is 20.1 Å². The lowest BCUT2D eigenvalue weighted by Crippen LogP contribution is -2.13. The van der Waals surface area contributed by atoms with Gasteiger partial charge in [-0.05, 0) is 38.1 Å². The van der Waals surface area contributed by atoms with Gasteiger partial charge in [-0.3, -0.25) is 5.10 Å². The number of aromatic nitrogens is 5. The van der Waals surface area contributed by atoms with Gasteiger partial charge in [0.15, 0.2) is 17.3 Å². The Hall–Kier alpha value is -4.28. The molecule has 1 aliphatic heterocycles. The van der Waals surface area contributed by atoms with Crippen LogP contribution in [0.25, 0.3) is 11.3 Å². The predicted octanol–water partition coefficient (Wildman–Crippen LogP) is 4.49. The highest BCUT2D eigenvalue weighted by molar-refractivity contribution is 5.67. The van der Waals surface area contributed by atoms with E-state index in [0.717, 1.165) is 17.3 Å². The molecule has 0 amide bonds. The minimum Gasteiger partial charge on any atom is -0.454 e. The number of nitrogens with one attached hydrogen (secondary N) is 3. The van der Waals surface area contributed by atoms with E-state index in [2.05, 4.69) is 35.8 Å². The summed E-state index contributed by atoms with van der Waals surface area (Å²) in [5.41, 5.74) is 1.94. The summed E-state index contributed by atoms with van der Waals surface area (Å²) in [6.07, 6.45) is 0. The highest BCUT2D eigenvalue weighted by Gasteiger charge is 2.16. The normalized spacial score (nSPS) is 13.1. The molecule has 0 bridgehead atoms. The summed E-state index contributed by atoms with van der Waals surface area (Å²) in [6, 6.07) is 10.3. The number of anilines is 3. The monoisotopic (exact) mass is 451 g/mol. The zero-order valence-corrected chi connectivity index (χ0v) is 17.7. The molecule has 11 heteroatoms. The topological polar surface area (TPSA) is 110 Å². The molecule has 0 aliphatic carbocycles. The molecule has 33 heavy (non-hydrogen) atoms. The van der Waals surface area contributed by atoms with E-state index in [9.17, 15) is 8.78 Å². The summed E-state index contributed by atoms with van der Waals surface area (Å²) < 4.78 is 38.0. The van der Waals surface area contributed by atoms with E-state index in [0.29, 0.717) is 28.7 Å². The first-order chi connectivity index (χ1) is 15.9. The molecule has 3 heterocycles. The molecule has 1 unspecified atom stereocenters. The smallest absolute Gasteiger partial charge is 0.233 e. The maximum absolute atomic E-state index is 14.1. The minimum atomic E-state index is -0.647. The highest BCUT2D eigenvalue weighted by Crippen LogP contribution is 2.35. The van der Waals surface area contributed by atoms with E-state index in [1.807, 2.05) is 18.2 Å². The number of aromatic amines is 1.